The fourth-order valence-electron chi connectivity index (χ4n) is 2.55. The molecule has 1 aromatic carbocycles. The van der Waals surface area contributed by atoms with Crippen LogP contribution in [-0.4, -0.2) is 41.0 Å². The van der Waals surface area contributed by atoms with Crippen LogP contribution in [0.5, 0.6) is 0 Å². The number of aryl methyl sites for hydroxylation is 1. The molecule has 1 aliphatic rings. The van der Waals surface area contributed by atoms with Gasteiger partial charge in [0, 0.05) is 36.2 Å². The minimum atomic E-state index is 0.898. The highest BCUT2D eigenvalue weighted by Gasteiger charge is 2.12. The van der Waals surface area contributed by atoms with Gasteiger partial charge in [-0.3, -0.25) is 4.90 Å². The van der Waals surface area contributed by atoms with E-state index in [-0.39, 0.29) is 0 Å². The smallest absolute Gasteiger partial charge is 0.120 e. The lowest BCUT2D eigenvalue weighted by atomic mass is 10.1. The molecule has 0 radical (unpaired) electrons. The van der Waals surface area contributed by atoms with Gasteiger partial charge in [-0.05, 0) is 24.6 Å². The van der Waals surface area contributed by atoms with Crippen LogP contribution in [0.2, 0.25) is 0 Å². The van der Waals surface area contributed by atoms with E-state index in [2.05, 4.69) is 61.2 Å². The van der Waals surface area contributed by atoms with Crippen LogP contribution in [0.25, 0.3) is 11.3 Å². The number of hydrogen-bond acceptors (Lipinski definition) is 3. The van der Waals surface area contributed by atoms with Gasteiger partial charge in [0.15, 0.2) is 0 Å². The second kappa shape index (κ2) is 6.08. The van der Waals surface area contributed by atoms with Crippen molar-refractivity contribution >= 4 is 15.9 Å². The Labute approximate surface area is 127 Å². The minimum absolute atomic E-state index is 0.898. The van der Waals surface area contributed by atoms with Gasteiger partial charge in [-0.1, -0.05) is 22.0 Å². The van der Waals surface area contributed by atoms with Crippen molar-refractivity contribution in [3.05, 3.63) is 40.3 Å². The van der Waals surface area contributed by atoms with Crippen LogP contribution in [0.15, 0.2) is 28.9 Å². The number of benzene rings is 1. The molecule has 2 aromatic rings. The van der Waals surface area contributed by atoms with Crippen molar-refractivity contribution in [2.75, 3.05) is 26.2 Å². The summed E-state index contributed by atoms with van der Waals surface area (Å²) in [5.41, 5.74) is 3.55. The highest BCUT2D eigenvalue weighted by atomic mass is 79.9. The Kier molecular flexibility index (Phi) is 4.19. The number of H-pyrrole nitrogens is 1. The summed E-state index contributed by atoms with van der Waals surface area (Å²) >= 11 is 3.53. The standard InChI is InChI=1S/C15H19BrN4/c1-11-2-3-12(16)8-13(11)14-9-18-15(19-14)10-20-6-4-17-5-7-20/h2-3,8-9,17H,4-7,10H2,1H3,(H,18,19). The Morgan fingerprint density at radius 3 is 2.90 bits per heavy atom. The largest absolute Gasteiger partial charge is 0.341 e. The number of imidazole rings is 1. The Balaban J connectivity index is 1.77. The van der Waals surface area contributed by atoms with E-state index in [1.54, 1.807) is 0 Å². The molecule has 20 heavy (non-hydrogen) atoms. The highest BCUT2D eigenvalue weighted by Crippen LogP contribution is 2.25. The molecule has 2 N–H and O–H groups in total. The molecule has 0 amide bonds. The molecule has 2 heterocycles. The van der Waals surface area contributed by atoms with Crippen LogP contribution < -0.4 is 5.32 Å². The van der Waals surface area contributed by atoms with Crippen LogP contribution in [0, 0.1) is 6.92 Å². The van der Waals surface area contributed by atoms with Gasteiger partial charge in [0.25, 0.3) is 0 Å². The normalized spacial score (nSPS) is 16.5. The average molecular weight is 335 g/mol. The number of nitrogens with one attached hydrogen (secondary N) is 2. The summed E-state index contributed by atoms with van der Waals surface area (Å²) in [6.07, 6.45) is 1.94. The maximum absolute atomic E-state index is 4.52. The molecule has 106 valence electrons. The van der Waals surface area contributed by atoms with E-state index in [1.807, 2.05) is 6.20 Å². The van der Waals surface area contributed by atoms with Crippen molar-refractivity contribution in [2.45, 2.75) is 13.5 Å². The first-order valence-electron chi connectivity index (χ1n) is 6.96. The van der Waals surface area contributed by atoms with E-state index >= 15 is 0 Å². The predicted octanol–water partition coefficient (Wildman–Crippen LogP) is 2.55. The molecule has 0 spiro atoms. The first kappa shape index (κ1) is 13.8. The van der Waals surface area contributed by atoms with Crippen molar-refractivity contribution in [1.82, 2.24) is 20.2 Å². The molecule has 0 bridgehead atoms. The van der Waals surface area contributed by atoms with Gasteiger partial charge >= 0.3 is 0 Å². The van der Waals surface area contributed by atoms with Crippen molar-refractivity contribution < 1.29 is 0 Å². The summed E-state index contributed by atoms with van der Waals surface area (Å²) in [5, 5.41) is 3.37. The van der Waals surface area contributed by atoms with Crippen molar-refractivity contribution in [2.24, 2.45) is 0 Å². The zero-order valence-corrected chi connectivity index (χ0v) is 13.2. The lowest BCUT2D eigenvalue weighted by molar-refractivity contribution is 0.228. The van der Waals surface area contributed by atoms with Gasteiger partial charge in [0.05, 0.1) is 18.4 Å². The third-order valence-corrected chi connectivity index (χ3v) is 4.19. The van der Waals surface area contributed by atoms with E-state index < -0.39 is 0 Å². The third-order valence-electron chi connectivity index (χ3n) is 3.70. The third kappa shape index (κ3) is 3.11. The zero-order valence-electron chi connectivity index (χ0n) is 11.6. The number of rotatable bonds is 3. The summed E-state index contributed by atoms with van der Waals surface area (Å²) in [6.45, 7) is 7.34. The van der Waals surface area contributed by atoms with Crippen LogP contribution in [0.1, 0.15) is 11.4 Å². The molecule has 0 atom stereocenters. The van der Waals surface area contributed by atoms with E-state index in [9.17, 15) is 0 Å². The van der Waals surface area contributed by atoms with E-state index in [1.165, 1.54) is 11.1 Å². The molecule has 4 nitrogen and oxygen atoms in total. The molecule has 0 aliphatic carbocycles. The van der Waals surface area contributed by atoms with Crippen molar-refractivity contribution in [3.63, 3.8) is 0 Å². The van der Waals surface area contributed by atoms with Crippen LogP contribution in [0.4, 0.5) is 0 Å². The van der Waals surface area contributed by atoms with Crippen LogP contribution >= 0.6 is 15.9 Å². The maximum Gasteiger partial charge on any atom is 0.120 e. The number of piperazine rings is 1. The second-order valence-corrected chi connectivity index (χ2v) is 6.14. The van der Waals surface area contributed by atoms with Crippen molar-refractivity contribution in [1.29, 1.82) is 0 Å². The summed E-state index contributed by atoms with van der Waals surface area (Å²) in [4.78, 5) is 10.4. The molecule has 1 aromatic heterocycles. The second-order valence-electron chi connectivity index (χ2n) is 5.23. The lowest BCUT2D eigenvalue weighted by Crippen LogP contribution is -2.43. The Hall–Kier alpha value is -1.17. The van der Waals surface area contributed by atoms with Gasteiger partial charge in [0.2, 0.25) is 0 Å². The van der Waals surface area contributed by atoms with Gasteiger partial charge in [-0.2, -0.15) is 0 Å². The molecular formula is C15H19BrN4. The highest BCUT2D eigenvalue weighted by molar-refractivity contribution is 9.10. The molecular weight excluding hydrogens is 316 g/mol. The van der Waals surface area contributed by atoms with E-state index in [0.717, 1.165) is 48.7 Å². The van der Waals surface area contributed by atoms with E-state index in [0.29, 0.717) is 0 Å². The first-order chi connectivity index (χ1) is 9.72. The molecule has 1 fully saturated rings. The Morgan fingerprint density at radius 2 is 2.10 bits per heavy atom. The van der Waals surface area contributed by atoms with Crippen LogP contribution in [0.3, 0.4) is 0 Å². The Bertz CT molecular complexity index is 587. The molecule has 1 aliphatic heterocycles. The molecule has 1 saturated heterocycles. The van der Waals surface area contributed by atoms with Gasteiger partial charge in [0.1, 0.15) is 5.82 Å². The number of aromatic amines is 1. The monoisotopic (exact) mass is 334 g/mol. The lowest BCUT2D eigenvalue weighted by Gasteiger charge is -2.26. The summed E-state index contributed by atoms with van der Waals surface area (Å²) in [6, 6.07) is 6.32. The number of halogens is 1. The quantitative estimate of drug-likeness (QED) is 0.906. The first-order valence-corrected chi connectivity index (χ1v) is 7.75. The summed E-state index contributed by atoms with van der Waals surface area (Å²) < 4.78 is 1.09. The number of aromatic nitrogens is 2. The molecule has 0 saturated carbocycles. The molecule has 3 rings (SSSR count). The SMILES string of the molecule is Cc1ccc(Br)cc1-c1cnc(CN2CCNCC2)[nH]1. The molecule has 0 unspecified atom stereocenters. The fraction of sp³-hybridized carbons (Fsp3) is 0.400. The van der Waals surface area contributed by atoms with Crippen molar-refractivity contribution in [3.8, 4) is 11.3 Å². The molecule has 5 heteroatoms. The fourth-order valence-corrected chi connectivity index (χ4v) is 2.91. The topological polar surface area (TPSA) is 44.0 Å². The summed E-state index contributed by atoms with van der Waals surface area (Å²) in [5.74, 6) is 1.04. The Morgan fingerprint density at radius 1 is 1.30 bits per heavy atom. The van der Waals surface area contributed by atoms with Gasteiger partial charge in [-0.15, -0.1) is 0 Å². The average Bonchev–Trinajstić information content (AvgIpc) is 2.91. The number of nitrogens with zero attached hydrogens (tertiary/aromatic N) is 2. The van der Waals surface area contributed by atoms with Gasteiger partial charge in [-0.25, -0.2) is 4.98 Å². The zero-order chi connectivity index (χ0) is 13.9. The van der Waals surface area contributed by atoms with Crippen LogP contribution in [-0.2, 0) is 6.54 Å². The predicted molar refractivity (Wildman–Crippen MR) is 84.6 cm³/mol. The summed E-state index contributed by atoms with van der Waals surface area (Å²) in [7, 11) is 0. The van der Waals surface area contributed by atoms with Gasteiger partial charge < -0.3 is 10.3 Å². The maximum atomic E-state index is 4.52. The number of hydrogen-bond donors (Lipinski definition) is 2. The minimum Gasteiger partial charge on any atom is -0.341 e. The van der Waals surface area contributed by atoms with E-state index in [4.69, 9.17) is 0 Å².